The van der Waals surface area contributed by atoms with Crippen LogP contribution in [0.3, 0.4) is 0 Å². The number of amides is 1. The molecule has 1 saturated carbocycles. The molecular weight excluding hydrogens is 342 g/mol. The molecule has 3 heterocycles. The first kappa shape index (κ1) is 15.5. The molecule has 124 valence electrons. The number of hydrogen-bond acceptors (Lipinski definition) is 5. The third-order valence-electron chi connectivity index (χ3n) is 4.38. The highest BCUT2D eigenvalue weighted by atomic mass is 32.1. The molecule has 1 amide bonds. The number of fused-ring (bicyclic) bond motifs is 1. The van der Waals surface area contributed by atoms with Gasteiger partial charge in [0.2, 0.25) is 5.91 Å². The van der Waals surface area contributed by atoms with E-state index in [0.29, 0.717) is 16.1 Å². The van der Waals surface area contributed by atoms with Crippen LogP contribution in [-0.2, 0) is 11.3 Å². The van der Waals surface area contributed by atoms with E-state index in [-0.39, 0.29) is 24.1 Å². The predicted octanol–water partition coefficient (Wildman–Crippen LogP) is 3.10. The number of rotatable bonds is 5. The van der Waals surface area contributed by atoms with Crippen molar-refractivity contribution in [3.8, 4) is 10.4 Å². The number of hydrogen-bond donors (Lipinski definition) is 1. The van der Waals surface area contributed by atoms with Crippen molar-refractivity contribution >= 4 is 38.8 Å². The molecule has 1 atom stereocenters. The van der Waals surface area contributed by atoms with E-state index in [0.717, 1.165) is 10.4 Å². The maximum absolute atomic E-state index is 12.8. The Morgan fingerprint density at radius 1 is 1.46 bits per heavy atom. The van der Waals surface area contributed by atoms with Crippen molar-refractivity contribution < 1.29 is 4.79 Å². The van der Waals surface area contributed by atoms with Gasteiger partial charge in [-0.05, 0) is 37.1 Å². The predicted molar refractivity (Wildman–Crippen MR) is 97.5 cm³/mol. The van der Waals surface area contributed by atoms with Crippen LogP contribution in [0.4, 0.5) is 0 Å². The summed E-state index contributed by atoms with van der Waals surface area (Å²) >= 11 is 3.05. The highest BCUT2D eigenvalue weighted by molar-refractivity contribution is 7.18. The summed E-state index contributed by atoms with van der Waals surface area (Å²) in [5.74, 6) is 0.458. The van der Waals surface area contributed by atoms with E-state index in [1.165, 1.54) is 35.1 Å². The lowest BCUT2D eigenvalue weighted by Crippen LogP contribution is -2.38. The Bertz CT molecular complexity index is 939. The third-order valence-corrected chi connectivity index (χ3v) is 6.17. The zero-order chi connectivity index (χ0) is 16.7. The molecule has 0 unspecified atom stereocenters. The molecule has 0 aliphatic heterocycles. The molecule has 3 aromatic heterocycles. The highest BCUT2D eigenvalue weighted by Gasteiger charge is 2.29. The Labute approximate surface area is 147 Å². The molecule has 4 rings (SSSR count). The van der Waals surface area contributed by atoms with Crippen molar-refractivity contribution in [3.63, 3.8) is 0 Å². The molecule has 3 aromatic rings. The minimum atomic E-state index is -0.154. The molecule has 7 heteroatoms. The molecule has 1 aliphatic carbocycles. The van der Waals surface area contributed by atoms with E-state index in [1.807, 2.05) is 29.8 Å². The van der Waals surface area contributed by atoms with Crippen LogP contribution < -0.4 is 10.9 Å². The molecule has 0 bridgehead atoms. The summed E-state index contributed by atoms with van der Waals surface area (Å²) in [4.78, 5) is 31.1. The van der Waals surface area contributed by atoms with Gasteiger partial charge >= 0.3 is 0 Å². The fraction of sp³-hybridized carbons (Fsp3) is 0.353. The molecule has 5 nitrogen and oxygen atoms in total. The van der Waals surface area contributed by atoms with Crippen LogP contribution in [0.15, 0.2) is 34.0 Å². The van der Waals surface area contributed by atoms with Gasteiger partial charge in [0, 0.05) is 21.9 Å². The molecule has 1 aliphatic rings. The van der Waals surface area contributed by atoms with Gasteiger partial charge in [0.05, 0.1) is 11.7 Å². The van der Waals surface area contributed by atoms with Gasteiger partial charge in [0.15, 0.2) is 0 Å². The van der Waals surface area contributed by atoms with Crippen molar-refractivity contribution in [1.82, 2.24) is 14.9 Å². The zero-order valence-electron chi connectivity index (χ0n) is 13.2. The molecular formula is C17H17N3O2S2. The second-order valence-electron chi connectivity index (χ2n) is 6.18. The van der Waals surface area contributed by atoms with Crippen LogP contribution in [0.1, 0.15) is 19.8 Å². The van der Waals surface area contributed by atoms with Crippen molar-refractivity contribution in [1.29, 1.82) is 0 Å². The summed E-state index contributed by atoms with van der Waals surface area (Å²) in [6.45, 7) is 2.03. The molecule has 1 fully saturated rings. The standard InChI is InChI=1S/C17H17N3O2S2/c1-10(11-4-5-11)19-14(21)7-20-9-18-16-15(17(20)22)12(8-24-16)13-3-2-6-23-13/h2-3,6,8-11H,4-5,7H2,1H3,(H,19,21)/t10-/m1/s1. The van der Waals surface area contributed by atoms with Gasteiger partial charge in [-0.2, -0.15) is 0 Å². The first-order valence-electron chi connectivity index (χ1n) is 7.93. The number of nitrogens with zero attached hydrogens (tertiary/aromatic N) is 2. The number of aromatic nitrogens is 2. The topological polar surface area (TPSA) is 64.0 Å². The van der Waals surface area contributed by atoms with Crippen molar-refractivity contribution in [3.05, 3.63) is 39.6 Å². The summed E-state index contributed by atoms with van der Waals surface area (Å²) in [6.07, 6.45) is 3.82. The van der Waals surface area contributed by atoms with E-state index in [4.69, 9.17) is 0 Å². The number of carbonyl (C=O) groups is 1. The third kappa shape index (κ3) is 2.89. The normalized spacial score (nSPS) is 15.5. The first-order valence-corrected chi connectivity index (χ1v) is 9.69. The Balaban J connectivity index is 1.64. The van der Waals surface area contributed by atoms with Crippen LogP contribution in [0, 0.1) is 5.92 Å². The SMILES string of the molecule is C[C@@H](NC(=O)Cn1cnc2scc(-c3cccs3)c2c1=O)C1CC1. The fourth-order valence-corrected chi connectivity index (χ4v) is 4.58. The largest absolute Gasteiger partial charge is 0.352 e. The second kappa shape index (κ2) is 6.14. The monoisotopic (exact) mass is 359 g/mol. The Hall–Kier alpha value is -1.99. The average molecular weight is 359 g/mol. The smallest absolute Gasteiger partial charge is 0.263 e. The second-order valence-corrected chi connectivity index (χ2v) is 7.98. The van der Waals surface area contributed by atoms with E-state index in [2.05, 4.69) is 10.3 Å². The maximum atomic E-state index is 12.8. The van der Waals surface area contributed by atoms with Gasteiger partial charge < -0.3 is 5.32 Å². The summed E-state index contributed by atoms with van der Waals surface area (Å²) in [5.41, 5.74) is 0.752. The lowest BCUT2D eigenvalue weighted by molar-refractivity contribution is -0.122. The summed E-state index contributed by atoms with van der Waals surface area (Å²) in [7, 11) is 0. The quantitative estimate of drug-likeness (QED) is 0.761. The van der Waals surface area contributed by atoms with E-state index < -0.39 is 0 Å². The average Bonchev–Trinajstić information content (AvgIpc) is 3.10. The molecule has 24 heavy (non-hydrogen) atoms. The van der Waals surface area contributed by atoms with Crippen molar-refractivity contribution in [2.24, 2.45) is 5.92 Å². The molecule has 1 N–H and O–H groups in total. The number of nitrogens with one attached hydrogen (secondary N) is 1. The van der Waals surface area contributed by atoms with Gasteiger partial charge in [-0.15, -0.1) is 22.7 Å². The fourth-order valence-electron chi connectivity index (χ4n) is 2.86. The maximum Gasteiger partial charge on any atom is 0.263 e. The van der Waals surface area contributed by atoms with Crippen LogP contribution in [0.25, 0.3) is 20.7 Å². The van der Waals surface area contributed by atoms with E-state index in [1.54, 1.807) is 11.3 Å². The summed E-state index contributed by atoms with van der Waals surface area (Å²) < 4.78 is 1.40. The molecule has 0 spiro atoms. The first-order chi connectivity index (χ1) is 11.6. The molecule has 0 aromatic carbocycles. The van der Waals surface area contributed by atoms with Gasteiger partial charge in [-0.25, -0.2) is 4.98 Å². The zero-order valence-corrected chi connectivity index (χ0v) is 14.8. The van der Waals surface area contributed by atoms with E-state index in [9.17, 15) is 9.59 Å². The number of carbonyl (C=O) groups excluding carboxylic acids is 1. The van der Waals surface area contributed by atoms with Crippen molar-refractivity contribution in [2.45, 2.75) is 32.4 Å². The van der Waals surface area contributed by atoms with Crippen LogP contribution in [0.2, 0.25) is 0 Å². The summed E-state index contributed by atoms with van der Waals surface area (Å²) in [5, 5.41) is 7.53. The van der Waals surface area contributed by atoms with Crippen molar-refractivity contribution in [2.75, 3.05) is 0 Å². The van der Waals surface area contributed by atoms with Gasteiger partial charge in [-0.1, -0.05) is 6.07 Å². The minimum Gasteiger partial charge on any atom is -0.352 e. The number of thiophene rings is 2. The lowest BCUT2D eigenvalue weighted by atomic mass is 10.2. The van der Waals surface area contributed by atoms with Gasteiger partial charge in [0.1, 0.15) is 11.4 Å². The molecule has 0 radical (unpaired) electrons. The van der Waals surface area contributed by atoms with E-state index >= 15 is 0 Å². The Kier molecular flexibility index (Phi) is 3.97. The van der Waals surface area contributed by atoms with Gasteiger partial charge in [0.25, 0.3) is 5.56 Å². The lowest BCUT2D eigenvalue weighted by Gasteiger charge is -2.13. The van der Waals surface area contributed by atoms with Crippen LogP contribution in [0.5, 0.6) is 0 Å². The highest BCUT2D eigenvalue weighted by Crippen LogP contribution is 2.33. The van der Waals surface area contributed by atoms with Gasteiger partial charge in [-0.3, -0.25) is 14.2 Å². The minimum absolute atomic E-state index is 0.0125. The summed E-state index contributed by atoms with van der Waals surface area (Å²) in [6, 6.07) is 4.13. The Morgan fingerprint density at radius 3 is 3.00 bits per heavy atom. The molecule has 0 saturated heterocycles. The van der Waals surface area contributed by atoms with Crippen LogP contribution in [-0.4, -0.2) is 21.5 Å². The van der Waals surface area contributed by atoms with Crippen LogP contribution >= 0.6 is 22.7 Å². The Morgan fingerprint density at radius 2 is 2.29 bits per heavy atom.